The van der Waals surface area contributed by atoms with Gasteiger partial charge in [-0.3, -0.25) is 4.79 Å². The minimum absolute atomic E-state index is 0.0300. The lowest BCUT2D eigenvalue weighted by atomic mass is 10.3. The fourth-order valence-electron chi connectivity index (χ4n) is 2.00. The molecule has 0 aliphatic rings. The number of anilines is 3. The van der Waals surface area contributed by atoms with Gasteiger partial charge in [-0.05, 0) is 36.4 Å². The van der Waals surface area contributed by atoms with E-state index in [-0.39, 0.29) is 16.7 Å². The van der Waals surface area contributed by atoms with Gasteiger partial charge in [0.05, 0.1) is 15.7 Å². The van der Waals surface area contributed by atoms with E-state index in [0.717, 1.165) is 0 Å². The molecule has 2 N–H and O–H groups in total. The third kappa shape index (κ3) is 4.23. The summed E-state index contributed by atoms with van der Waals surface area (Å²) in [7, 11) is 0. The largest absolute Gasteiger partial charge is 0.324 e. The lowest BCUT2D eigenvalue weighted by molar-refractivity contribution is 0.102. The number of amides is 1. The van der Waals surface area contributed by atoms with Gasteiger partial charge in [-0.25, -0.2) is 14.4 Å². The zero-order valence-electron chi connectivity index (χ0n) is 12.6. The Morgan fingerprint density at radius 1 is 1.04 bits per heavy atom. The average Bonchev–Trinajstić information content (AvgIpc) is 2.60. The van der Waals surface area contributed by atoms with E-state index in [1.165, 1.54) is 30.5 Å². The fraction of sp³-hybridized carbons (Fsp3) is 0. The number of carbonyl (C=O) groups excluding carboxylic acids is 1. The van der Waals surface area contributed by atoms with Crippen LogP contribution in [0, 0.1) is 5.82 Å². The Labute approximate surface area is 152 Å². The molecule has 0 radical (unpaired) electrons. The molecule has 25 heavy (non-hydrogen) atoms. The highest BCUT2D eigenvalue weighted by molar-refractivity contribution is 6.33. The summed E-state index contributed by atoms with van der Waals surface area (Å²) >= 11 is 11.8. The number of nitrogens with zero attached hydrogens (tertiary/aromatic N) is 2. The Morgan fingerprint density at radius 2 is 1.84 bits per heavy atom. The van der Waals surface area contributed by atoms with E-state index in [1.54, 1.807) is 24.3 Å². The van der Waals surface area contributed by atoms with Crippen LogP contribution in [-0.4, -0.2) is 15.9 Å². The van der Waals surface area contributed by atoms with Gasteiger partial charge in [-0.1, -0.05) is 35.3 Å². The molecule has 5 nitrogen and oxygen atoms in total. The first kappa shape index (κ1) is 17.1. The van der Waals surface area contributed by atoms with Crippen LogP contribution in [-0.2, 0) is 0 Å². The minimum atomic E-state index is -0.527. The van der Waals surface area contributed by atoms with Crippen molar-refractivity contribution >= 4 is 46.4 Å². The molecule has 0 saturated heterocycles. The van der Waals surface area contributed by atoms with E-state index in [4.69, 9.17) is 23.2 Å². The van der Waals surface area contributed by atoms with Crippen LogP contribution >= 0.6 is 23.2 Å². The van der Waals surface area contributed by atoms with Gasteiger partial charge in [0.1, 0.15) is 11.5 Å². The van der Waals surface area contributed by atoms with Crippen LogP contribution in [0.3, 0.4) is 0 Å². The van der Waals surface area contributed by atoms with E-state index in [2.05, 4.69) is 20.6 Å². The van der Waals surface area contributed by atoms with Crippen molar-refractivity contribution in [3.8, 4) is 0 Å². The molecule has 0 aliphatic carbocycles. The molecule has 0 saturated carbocycles. The maximum atomic E-state index is 13.2. The number of carbonyl (C=O) groups is 1. The molecule has 1 aromatic heterocycles. The third-order valence-electron chi connectivity index (χ3n) is 3.19. The van der Waals surface area contributed by atoms with Gasteiger partial charge < -0.3 is 10.6 Å². The Morgan fingerprint density at radius 3 is 2.60 bits per heavy atom. The number of rotatable bonds is 4. The van der Waals surface area contributed by atoms with Crippen LogP contribution in [0.5, 0.6) is 0 Å². The number of hydrogen-bond donors (Lipinski definition) is 2. The van der Waals surface area contributed by atoms with Crippen molar-refractivity contribution in [2.24, 2.45) is 0 Å². The van der Waals surface area contributed by atoms with Crippen molar-refractivity contribution in [1.29, 1.82) is 0 Å². The highest BCUT2D eigenvalue weighted by Gasteiger charge is 2.11. The molecule has 0 unspecified atom stereocenters. The number of nitrogens with one attached hydrogen (secondary N) is 2. The Kier molecular flexibility index (Phi) is 5.11. The van der Waals surface area contributed by atoms with Crippen LogP contribution in [0.2, 0.25) is 10.0 Å². The molecule has 0 spiro atoms. The van der Waals surface area contributed by atoms with Crippen molar-refractivity contribution < 1.29 is 9.18 Å². The van der Waals surface area contributed by atoms with Gasteiger partial charge in [-0.2, -0.15) is 0 Å². The third-order valence-corrected chi connectivity index (χ3v) is 3.81. The van der Waals surface area contributed by atoms with Crippen LogP contribution in [0.4, 0.5) is 21.7 Å². The maximum absolute atomic E-state index is 13.2. The van der Waals surface area contributed by atoms with Gasteiger partial charge in [-0.15, -0.1) is 0 Å². The number of para-hydroxylation sites is 1. The van der Waals surface area contributed by atoms with Crippen LogP contribution in [0.25, 0.3) is 0 Å². The molecule has 2 aromatic carbocycles. The first-order chi connectivity index (χ1) is 12.0. The summed E-state index contributed by atoms with van der Waals surface area (Å²) in [6.07, 6.45) is 1.43. The van der Waals surface area contributed by atoms with Crippen molar-refractivity contribution in [2.45, 2.75) is 0 Å². The molecule has 0 fully saturated rings. The molecule has 1 heterocycles. The highest BCUT2D eigenvalue weighted by Crippen LogP contribution is 2.22. The molecule has 0 bridgehead atoms. The monoisotopic (exact) mass is 376 g/mol. The zero-order valence-corrected chi connectivity index (χ0v) is 14.1. The second-order valence-corrected chi connectivity index (χ2v) is 5.77. The van der Waals surface area contributed by atoms with E-state index in [1.807, 2.05) is 0 Å². The standard InChI is InChI=1S/C17H11Cl2FN4O/c18-11-3-1-2-4-14(11)23-16(25)15-7-8-21-17(24-15)22-10-5-6-13(20)12(19)9-10/h1-9H,(H,23,25)(H,21,22,24). The van der Waals surface area contributed by atoms with Crippen molar-refractivity contribution in [3.63, 3.8) is 0 Å². The van der Waals surface area contributed by atoms with Gasteiger partial charge in [0, 0.05) is 11.9 Å². The summed E-state index contributed by atoms with van der Waals surface area (Å²) < 4.78 is 13.2. The maximum Gasteiger partial charge on any atom is 0.274 e. The summed E-state index contributed by atoms with van der Waals surface area (Å²) in [6.45, 7) is 0. The van der Waals surface area contributed by atoms with E-state index in [0.29, 0.717) is 16.4 Å². The van der Waals surface area contributed by atoms with Crippen molar-refractivity contribution in [2.75, 3.05) is 10.6 Å². The molecule has 0 atom stereocenters. The van der Waals surface area contributed by atoms with Crippen LogP contribution < -0.4 is 10.6 Å². The van der Waals surface area contributed by atoms with E-state index >= 15 is 0 Å². The molecule has 126 valence electrons. The van der Waals surface area contributed by atoms with Crippen molar-refractivity contribution in [3.05, 3.63) is 76.3 Å². The van der Waals surface area contributed by atoms with Crippen molar-refractivity contribution in [1.82, 2.24) is 9.97 Å². The Hall–Kier alpha value is -2.70. The lowest BCUT2D eigenvalue weighted by Gasteiger charge is -2.08. The topological polar surface area (TPSA) is 66.9 Å². The summed E-state index contributed by atoms with van der Waals surface area (Å²) in [5.74, 6) is -0.786. The number of benzene rings is 2. The van der Waals surface area contributed by atoms with E-state index in [9.17, 15) is 9.18 Å². The van der Waals surface area contributed by atoms with Gasteiger partial charge in [0.25, 0.3) is 5.91 Å². The molecule has 8 heteroatoms. The second kappa shape index (κ2) is 7.46. The number of aromatic nitrogens is 2. The number of hydrogen-bond acceptors (Lipinski definition) is 4. The summed E-state index contributed by atoms with van der Waals surface area (Å²) in [5.41, 5.74) is 1.12. The SMILES string of the molecule is O=C(Nc1ccccc1Cl)c1ccnc(Nc2ccc(F)c(Cl)c2)n1. The molecular formula is C17H11Cl2FN4O. The van der Waals surface area contributed by atoms with Gasteiger partial charge >= 0.3 is 0 Å². The first-order valence-electron chi connectivity index (χ1n) is 7.14. The predicted octanol–water partition coefficient (Wildman–Crippen LogP) is 4.92. The Balaban J connectivity index is 1.77. The first-order valence-corrected chi connectivity index (χ1v) is 7.89. The summed E-state index contributed by atoms with van der Waals surface area (Å²) in [6, 6.07) is 12.4. The molecular weight excluding hydrogens is 366 g/mol. The summed E-state index contributed by atoms with van der Waals surface area (Å²) in [5, 5.41) is 5.93. The molecule has 3 aromatic rings. The molecule has 3 rings (SSSR count). The molecule has 1 amide bonds. The predicted molar refractivity (Wildman–Crippen MR) is 96.1 cm³/mol. The highest BCUT2D eigenvalue weighted by atomic mass is 35.5. The minimum Gasteiger partial charge on any atom is -0.324 e. The average molecular weight is 377 g/mol. The fourth-order valence-corrected chi connectivity index (χ4v) is 2.36. The van der Waals surface area contributed by atoms with Gasteiger partial charge in [0.2, 0.25) is 5.95 Å². The van der Waals surface area contributed by atoms with Crippen LogP contribution in [0.15, 0.2) is 54.7 Å². The second-order valence-electron chi connectivity index (χ2n) is 4.95. The number of halogens is 3. The lowest BCUT2D eigenvalue weighted by Crippen LogP contribution is -2.15. The zero-order chi connectivity index (χ0) is 17.8. The summed E-state index contributed by atoms with van der Waals surface area (Å²) in [4.78, 5) is 20.5. The quantitative estimate of drug-likeness (QED) is 0.678. The van der Waals surface area contributed by atoms with Gasteiger partial charge in [0.15, 0.2) is 0 Å². The smallest absolute Gasteiger partial charge is 0.274 e. The molecule has 0 aliphatic heterocycles. The Bertz CT molecular complexity index is 936. The normalized spacial score (nSPS) is 10.4. The van der Waals surface area contributed by atoms with Crippen LogP contribution in [0.1, 0.15) is 10.5 Å². The van der Waals surface area contributed by atoms with E-state index < -0.39 is 11.7 Å².